The van der Waals surface area contributed by atoms with Crippen LogP contribution in [0, 0.1) is 0 Å². The number of hydrogen-bond donors (Lipinski definition) is 2. The highest BCUT2D eigenvalue weighted by Crippen LogP contribution is 2.22. The molecule has 0 saturated carbocycles. The van der Waals surface area contributed by atoms with Crippen LogP contribution >= 0.6 is 0 Å². The van der Waals surface area contributed by atoms with E-state index >= 15 is 0 Å². The Labute approximate surface area is 156 Å². The highest BCUT2D eigenvalue weighted by atomic mass is 16.2. The molecule has 138 valence electrons. The van der Waals surface area contributed by atoms with Crippen molar-refractivity contribution in [2.75, 3.05) is 18.4 Å². The van der Waals surface area contributed by atoms with E-state index in [-0.39, 0.29) is 24.1 Å². The van der Waals surface area contributed by atoms with Crippen LogP contribution < -0.4 is 10.6 Å². The topological polar surface area (TPSA) is 95.6 Å². The normalized spacial score (nSPS) is 12.7. The molecule has 0 radical (unpaired) electrons. The number of nitrogens with zero attached hydrogens (tertiary/aromatic N) is 1. The van der Waals surface area contributed by atoms with Crippen molar-refractivity contribution in [1.29, 1.82) is 0 Å². The first-order valence-corrected chi connectivity index (χ1v) is 8.58. The molecule has 2 aromatic carbocycles. The molecule has 0 fully saturated rings. The summed E-state index contributed by atoms with van der Waals surface area (Å²) in [5.41, 5.74) is 1.86. The molecule has 1 aliphatic rings. The lowest BCUT2D eigenvalue weighted by molar-refractivity contribution is 0.0653. The number of hydrogen-bond acceptors (Lipinski definition) is 4. The van der Waals surface area contributed by atoms with E-state index in [2.05, 4.69) is 10.6 Å². The van der Waals surface area contributed by atoms with Gasteiger partial charge in [0.05, 0.1) is 11.1 Å². The standard InChI is InChI=1S/C20H19N3O4/c1-13(24)14-6-4-7-15(12-14)22-20(27)21-10-5-11-23-18(25)16-8-2-3-9-17(16)19(23)26/h2-4,6-9,12H,5,10-11H2,1H3,(H2,21,22,27). The van der Waals surface area contributed by atoms with Gasteiger partial charge >= 0.3 is 6.03 Å². The Bertz CT molecular complexity index is 888. The number of benzene rings is 2. The molecule has 7 nitrogen and oxygen atoms in total. The summed E-state index contributed by atoms with van der Waals surface area (Å²) in [6.45, 7) is 1.98. The Kier molecular flexibility index (Phi) is 5.30. The maximum Gasteiger partial charge on any atom is 0.319 e. The number of rotatable bonds is 6. The van der Waals surface area contributed by atoms with Crippen molar-refractivity contribution in [3.05, 3.63) is 65.2 Å². The van der Waals surface area contributed by atoms with Crippen molar-refractivity contribution in [1.82, 2.24) is 10.2 Å². The second kappa shape index (κ2) is 7.82. The molecule has 0 aliphatic carbocycles. The molecule has 0 atom stereocenters. The van der Waals surface area contributed by atoms with Gasteiger partial charge in [-0.2, -0.15) is 0 Å². The number of carbonyl (C=O) groups is 4. The molecule has 2 aromatic rings. The van der Waals surface area contributed by atoms with Crippen LogP contribution in [0.4, 0.5) is 10.5 Å². The van der Waals surface area contributed by atoms with E-state index < -0.39 is 6.03 Å². The monoisotopic (exact) mass is 365 g/mol. The largest absolute Gasteiger partial charge is 0.338 e. The van der Waals surface area contributed by atoms with E-state index in [0.717, 1.165) is 0 Å². The summed E-state index contributed by atoms with van der Waals surface area (Å²) in [5, 5.41) is 5.32. The van der Waals surface area contributed by atoms with E-state index in [1.165, 1.54) is 11.8 Å². The molecule has 0 aromatic heterocycles. The number of anilines is 1. The fourth-order valence-corrected chi connectivity index (χ4v) is 2.87. The van der Waals surface area contributed by atoms with Gasteiger partial charge in [-0.15, -0.1) is 0 Å². The molecule has 1 aliphatic heterocycles. The van der Waals surface area contributed by atoms with Gasteiger partial charge in [-0.1, -0.05) is 24.3 Å². The minimum absolute atomic E-state index is 0.0833. The highest BCUT2D eigenvalue weighted by molar-refractivity contribution is 6.21. The number of carbonyl (C=O) groups excluding carboxylic acids is 4. The minimum atomic E-state index is -0.418. The van der Waals surface area contributed by atoms with Crippen molar-refractivity contribution in [2.24, 2.45) is 0 Å². The van der Waals surface area contributed by atoms with Crippen LogP contribution in [0.1, 0.15) is 44.4 Å². The van der Waals surface area contributed by atoms with Crippen LogP contribution in [0.3, 0.4) is 0 Å². The predicted molar refractivity (Wildman–Crippen MR) is 99.9 cm³/mol. The van der Waals surface area contributed by atoms with Crippen molar-refractivity contribution in [3.8, 4) is 0 Å². The highest BCUT2D eigenvalue weighted by Gasteiger charge is 2.34. The molecule has 0 saturated heterocycles. The number of Topliss-reactive ketones (excluding diaryl/α,β-unsaturated/α-hetero) is 1. The van der Waals surface area contributed by atoms with E-state index in [9.17, 15) is 19.2 Å². The lowest BCUT2D eigenvalue weighted by Gasteiger charge is -2.14. The number of amides is 4. The molecule has 0 spiro atoms. The zero-order valence-corrected chi connectivity index (χ0v) is 14.8. The first kappa shape index (κ1) is 18.3. The van der Waals surface area contributed by atoms with Crippen LogP contribution in [0.2, 0.25) is 0 Å². The molecule has 2 N–H and O–H groups in total. The zero-order valence-electron chi connectivity index (χ0n) is 14.8. The fraction of sp³-hybridized carbons (Fsp3) is 0.200. The average Bonchev–Trinajstić information content (AvgIpc) is 2.90. The second-order valence-corrected chi connectivity index (χ2v) is 6.18. The van der Waals surface area contributed by atoms with Crippen LogP contribution in [0.15, 0.2) is 48.5 Å². The average molecular weight is 365 g/mol. The fourth-order valence-electron chi connectivity index (χ4n) is 2.87. The van der Waals surface area contributed by atoms with Gasteiger partial charge < -0.3 is 10.6 Å². The minimum Gasteiger partial charge on any atom is -0.338 e. The molecule has 1 heterocycles. The van der Waals surface area contributed by atoms with Gasteiger partial charge in [-0.05, 0) is 37.6 Å². The van der Waals surface area contributed by atoms with Gasteiger partial charge in [0.2, 0.25) is 0 Å². The Morgan fingerprint density at radius 2 is 1.63 bits per heavy atom. The zero-order chi connectivity index (χ0) is 19.4. The third-order valence-electron chi connectivity index (χ3n) is 4.25. The molecule has 0 unspecified atom stereocenters. The summed E-state index contributed by atoms with van der Waals surface area (Å²) in [5.74, 6) is -0.692. The quantitative estimate of drug-likeness (QED) is 0.467. The molecular weight excluding hydrogens is 346 g/mol. The number of fused-ring (bicyclic) bond motifs is 1. The molecule has 4 amide bonds. The lowest BCUT2D eigenvalue weighted by atomic mass is 10.1. The first-order valence-electron chi connectivity index (χ1n) is 8.58. The Balaban J connectivity index is 1.46. The van der Waals surface area contributed by atoms with Crippen LogP contribution in [0.5, 0.6) is 0 Å². The molecule has 0 bridgehead atoms. The van der Waals surface area contributed by atoms with Crippen molar-refractivity contribution in [2.45, 2.75) is 13.3 Å². The summed E-state index contributed by atoms with van der Waals surface area (Å²) in [7, 11) is 0. The number of imide groups is 1. The smallest absolute Gasteiger partial charge is 0.319 e. The summed E-state index contributed by atoms with van der Waals surface area (Å²) in [6.07, 6.45) is 0.437. The molecule has 3 rings (SSSR count). The van der Waals surface area contributed by atoms with Crippen molar-refractivity contribution in [3.63, 3.8) is 0 Å². The second-order valence-electron chi connectivity index (χ2n) is 6.18. The van der Waals surface area contributed by atoms with Crippen LogP contribution in [-0.2, 0) is 0 Å². The van der Waals surface area contributed by atoms with Gasteiger partial charge in [0.1, 0.15) is 0 Å². The number of ketones is 1. The van der Waals surface area contributed by atoms with E-state index in [1.807, 2.05) is 0 Å². The maximum absolute atomic E-state index is 12.2. The summed E-state index contributed by atoms with van der Waals surface area (Å²) in [6, 6.07) is 12.9. The number of nitrogens with one attached hydrogen (secondary N) is 2. The van der Waals surface area contributed by atoms with Crippen LogP contribution in [0.25, 0.3) is 0 Å². The molecular formula is C20H19N3O4. The lowest BCUT2D eigenvalue weighted by Crippen LogP contribution is -2.35. The van der Waals surface area contributed by atoms with E-state index in [0.29, 0.717) is 35.3 Å². The Morgan fingerprint density at radius 1 is 0.963 bits per heavy atom. The van der Waals surface area contributed by atoms with Gasteiger partial charge in [0.15, 0.2) is 5.78 Å². The van der Waals surface area contributed by atoms with Crippen molar-refractivity contribution >= 4 is 29.3 Å². The van der Waals surface area contributed by atoms with Crippen LogP contribution in [-0.4, -0.2) is 41.6 Å². The molecule has 7 heteroatoms. The SMILES string of the molecule is CC(=O)c1cccc(NC(=O)NCCCN2C(=O)c3ccccc3C2=O)c1. The van der Waals surface area contributed by atoms with Gasteiger partial charge in [-0.3, -0.25) is 19.3 Å². The molecule has 27 heavy (non-hydrogen) atoms. The third kappa shape index (κ3) is 4.03. The van der Waals surface area contributed by atoms with Gasteiger partial charge in [0.25, 0.3) is 11.8 Å². The maximum atomic E-state index is 12.2. The third-order valence-corrected chi connectivity index (χ3v) is 4.25. The van der Waals surface area contributed by atoms with Crippen molar-refractivity contribution < 1.29 is 19.2 Å². The summed E-state index contributed by atoms with van der Waals surface area (Å²) in [4.78, 5) is 49.0. The summed E-state index contributed by atoms with van der Waals surface area (Å²) < 4.78 is 0. The van der Waals surface area contributed by atoms with E-state index in [4.69, 9.17) is 0 Å². The van der Waals surface area contributed by atoms with E-state index in [1.54, 1.807) is 48.5 Å². The number of urea groups is 1. The predicted octanol–water partition coefficient (Wildman–Crippen LogP) is 2.70. The Morgan fingerprint density at radius 3 is 2.26 bits per heavy atom. The van der Waals surface area contributed by atoms with Gasteiger partial charge in [-0.25, -0.2) is 4.79 Å². The van der Waals surface area contributed by atoms with Gasteiger partial charge in [0, 0.05) is 24.3 Å². The Hall–Kier alpha value is -3.48. The summed E-state index contributed by atoms with van der Waals surface area (Å²) >= 11 is 0. The first-order chi connectivity index (χ1) is 13.0.